The van der Waals surface area contributed by atoms with Crippen LogP contribution in [0.25, 0.3) is 0 Å². The Balaban J connectivity index is 0.00000147. The van der Waals surface area contributed by atoms with Crippen molar-refractivity contribution >= 4 is 18.3 Å². The first-order valence-corrected chi connectivity index (χ1v) is 6.79. The van der Waals surface area contributed by atoms with Gasteiger partial charge in [0.2, 0.25) is 0 Å². The van der Waals surface area contributed by atoms with Crippen LogP contribution in [0, 0.1) is 0 Å². The monoisotopic (exact) mass is 296 g/mol. The number of rotatable bonds is 2. The number of nitrogens with one attached hydrogen (secondary N) is 4. The van der Waals surface area contributed by atoms with Crippen molar-refractivity contribution < 1.29 is 4.79 Å². The lowest BCUT2D eigenvalue weighted by atomic mass is 10.0. The van der Waals surface area contributed by atoms with Gasteiger partial charge in [-0.15, -0.1) is 12.4 Å². The minimum Gasteiger partial charge on any atom is -0.346 e. The summed E-state index contributed by atoms with van der Waals surface area (Å²) in [6.45, 7) is 5.89. The summed E-state index contributed by atoms with van der Waals surface area (Å²) >= 11 is 0. The van der Waals surface area contributed by atoms with Crippen LogP contribution in [-0.2, 0) is 13.1 Å². The maximum atomic E-state index is 12.3. The zero-order valence-electron chi connectivity index (χ0n) is 11.7. The molecular formula is C14H21ClN4O. The van der Waals surface area contributed by atoms with E-state index in [0.29, 0.717) is 0 Å². The number of hydrogen-bond acceptors (Lipinski definition) is 4. The van der Waals surface area contributed by atoms with Gasteiger partial charge in [-0.05, 0) is 37.1 Å². The molecule has 0 radical (unpaired) electrons. The van der Waals surface area contributed by atoms with Crippen molar-refractivity contribution in [1.29, 1.82) is 0 Å². The van der Waals surface area contributed by atoms with Crippen molar-refractivity contribution in [2.24, 2.45) is 0 Å². The van der Waals surface area contributed by atoms with E-state index in [4.69, 9.17) is 0 Å². The Bertz CT molecular complexity index is 498. The zero-order valence-corrected chi connectivity index (χ0v) is 12.5. The van der Waals surface area contributed by atoms with Gasteiger partial charge in [0.1, 0.15) is 0 Å². The summed E-state index contributed by atoms with van der Waals surface area (Å²) in [6, 6.07) is 6.52. The summed E-state index contributed by atoms with van der Waals surface area (Å²) in [4.78, 5) is 12.3. The standard InChI is InChI=1S/C14H20N4O.ClH/c1-8-13(9(2)18-17-8)16-14(19)10-3-4-11-6-15-7-12(11)5-10;/h3-5,8-9,13,15,17-18H,6-7H2,1-2H3,(H,16,19);1H. The summed E-state index contributed by atoms with van der Waals surface area (Å²) in [5.74, 6) is 0.00361. The lowest BCUT2D eigenvalue weighted by molar-refractivity contribution is 0.0931. The number of amides is 1. The molecule has 4 N–H and O–H groups in total. The van der Waals surface area contributed by atoms with Crippen molar-refractivity contribution in [1.82, 2.24) is 21.5 Å². The van der Waals surface area contributed by atoms with Crippen LogP contribution in [0.3, 0.4) is 0 Å². The highest BCUT2D eigenvalue weighted by Gasteiger charge is 2.31. The predicted molar refractivity (Wildman–Crippen MR) is 80.7 cm³/mol. The molecule has 0 aromatic heterocycles. The molecule has 0 bridgehead atoms. The number of hydrazine groups is 1. The first-order valence-electron chi connectivity index (χ1n) is 6.79. The third kappa shape index (κ3) is 2.81. The highest BCUT2D eigenvalue weighted by atomic mass is 35.5. The highest BCUT2D eigenvalue weighted by Crippen LogP contribution is 2.17. The fourth-order valence-electron chi connectivity index (χ4n) is 2.80. The fourth-order valence-corrected chi connectivity index (χ4v) is 2.80. The molecule has 2 atom stereocenters. The molecule has 1 aromatic carbocycles. The van der Waals surface area contributed by atoms with Crippen LogP contribution in [0.1, 0.15) is 35.3 Å². The van der Waals surface area contributed by atoms with Crippen LogP contribution < -0.4 is 21.5 Å². The van der Waals surface area contributed by atoms with E-state index in [1.165, 1.54) is 11.1 Å². The summed E-state index contributed by atoms with van der Waals surface area (Å²) in [5.41, 5.74) is 9.56. The van der Waals surface area contributed by atoms with Gasteiger partial charge in [-0.1, -0.05) is 6.07 Å². The number of carbonyl (C=O) groups excluding carboxylic acids is 1. The third-order valence-electron chi connectivity index (χ3n) is 4.01. The van der Waals surface area contributed by atoms with Crippen molar-refractivity contribution in [3.05, 3.63) is 34.9 Å². The largest absolute Gasteiger partial charge is 0.346 e. The molecule has 0 aliphatic carbocycles. The number of benzene rings is 1. The van der Waals surface area contributed by atoms with E-state index in [1.807, 2.05) is 18.2 Å². The van der Waals surface area contributed by atoms with Crippen LogP contribution in [0.15, 0.2) is 18.2 Å². The van der Waals surface area contributed by atoms with Gasteiger partial charge in [0.05, 0.1) is 6.04 Å². The third-order valence-corrected chi connectivity index (χ3v) is 4.01. The molecule has 20 heavy (non-hydrogen) atoms. The minimum atomic E-state index is 0. The molecule has 3 rings (SSSR count). The molecule has 6 heteroatoms. The second-order valence-electron chi connectivity index (χ2n) is 5.45. The minimum absolute atomic E-state index is 0. The van der Waals surface area contributed by atoms with Crippen molar-refractivity contribution in [2.45, 2.75) is 45.1 Å². The summed E-state index contributed by atoms with van der Waals surface area (Å²) in [7, 11) is 0. The molecule has 2 aliphatic heterocycles. The Kier molecular flexibility index (Phi) is 4.65. The van der Waals surface area contributed by atoms with Crippen LogP contribution in [0.2, 0.25) is 0 Å². The molecule has 0 spiro atoms. The summed E-state index contributed by atoms with van der Waals surface area (Å²) in [6.07, 6.45) is 0. The zero-order chi connectivity index (χ0) is 13.4. The normalized spacial score (nSPS) is 27.8. The fraction of sp³-hybridized carbons (Fsp3) is 0.500. The van der Waals surface area contributed by atoms with Crippen LogP contribution in [0.5, 0.6) is 0 Å². The second kappa shape index (κ2) is 6.10. The number of hydrogen-bond donors (Lipinski definition) is 4. The molecule has 2 aliphatic rings. The molecule has 1 saturated heterocycles. The first-order chi connectivity index (χ1) is 9.15. The Hall–Kier alpha value is -1.14. The van der Waals surface area contributed by atoms with Crippen molar-refractivity contribution in [3.63, 3.8) is 0 Å². The molecule has 1 aromatic rings. The maximum Gasteiger partial charge on any atom is 0.251 e. The van der Waals surface area contributed by atoms with Crippen molar-refractivity contribution in [2.75, 3.05) is 0 Å². The Labute approximate surface area is 125 Å². The van der Waals surface area contributed by atoms with E-state index in [-0.39, 0.29) is 36.4 Å². The molecule has 1 fully saturated rings. The Morgan fingerprint density at radius 1 is 1.15 bits per heavy atom. The summed E-state index contributed by atoms with van der Waals surface area (Å²) < 4.78 is 0. The Morgan fingerprint density at radius 3 is 2.50 bits per heavy atom. The quantitative estimate of drug-likeness (QED) is 0.649. The highest BCUT2D eigenvalue weighted by molar-refractivity contribution is 5.94. The van der Waals surface area contributed by atoms with E-state index in [2.05, 4.69) is 35.3 Å². The van der Waals surface area contributed by atoms with Crippen LogP contribution in [-0.4, -0.2) is 24.0 Å². The molecule has 2 unspecified atom stereocenters. The molecule has 2 heterocycles. The van der Waals surface area contributed by atoms with Crippen molar-refractivity contribution in [3.8, 4) is 0 Å². The summed E-state index contributed by atoms with van der Waals surface area (Å²) in [5, 5.41) is 6.39. The SMILES string of the molecule is CC1NNC(C)C1NC(=O)c1ccc2c(c1)CNC2.Cl. The lowest BCUT2D eigenvalue weighted by Crippen LogP contribution is -2.46. The number of fused-ring (bicyclic) bond motifs is 1. The molecule has 1 amide bonds. The van der Waals surface area contributed by atoms with Gasteiger partial charge in [-0.3, -0.25) is 15.6 Å². The van der Waals surface area contributed by atoms with Gasteiger partial charge in [0, 0.05) is 30.7 Å². The number of carbonyl (C=O) groups is 1. The number of halogens is 1. The van der Waals surface area contributed by atoms with E-state index in [1.54, 1.807) is 0 Å². The molecule has 5 nitrogen and oxygen atoms in total. The van der Waals surface area contributed by atoms with Gasteiger partial charge < -0.3 is 10.6 Å². The average Bonchev–Trinajstić information content (AvgIpc) is 2.99. The average molecular weight is 297 g/mol. The van der Waals surface area contributed by atoms with Gasteiger partial charge in [0.25, 0.3) is 5.91 Å². The lowest BCUT2D eigenvalue weighted by Gasteiger charge is -2.19. The molecule has 0 saturated carbocycles. The van der Waals surface area contributed by atoms with Gasteiger partial charge in [0.15, 0.2) is 0 Å². The van der Waals surface area contributed by atoms with Gasteiger partial charge in [-0.2, -0.15) is 0 Å². The Morgan fingerprint density at radius 2 is 1.80 bits per heavy atom. The molecular weight excluding hydrogens is 276 g/mol. The smallest absolute Gasteiger partial charge is 0.251 e. The maximum absolute atomic E-state index is 12.3. The van der Waals surface area contributed by atoms with E-state index >= 15 is 0 Å². The van der Waals surface area contributed by atoms with Gasteiger partial charge in [-0.25, -0.2) is 0 Å². The second-order valence-corrected chi connectivity index (χ2v) is 5.45. The van der Waals surface area contributed by atoms with Crippen LogP contribution in [0.4, 0.5) is 0 Å². The van der Waals surface area contributed by atoms with E-state index < -0.39 is 0 Å². The van der Waals surface area contributed by atoms with Crippen LogP contribution >= 0.6 is 12.4 Å². The predicted octanol–water partition coefficient (Wildman–Crippen LogP) is 0.695. The topological polar surface area (TPSA) is 65.2 Å². The first kappa shape index (κ1) is 15.3. The van der Waals surface area contributed by atoms with E-state index in [9.17, 15) is 4.79 Å². The molecule has 110 valence electrons. The van der Waals surface area contributed by atoms with E-state index in [0.717, 1.165) is 18.7 Å². The van der Waals surface area contributed by atoms with Gasteiger partial charge >= 0.3 is 0 Å².